The normalized spacial score (nSPS) is 10.7. The van der Waals surface area contributed by atoms with Gasteiger partial charge >= 0.3 is 5.97 Å². The summed E-state index contributed by atoms with van der Waals surface area (Å²) in [6, 6.07) is 11.2. The lowest BCUT2D eigenvalue weighted by molar-refractivity contribution is 0.0696. The maximum absolute atomic E-state index is 13.4. The number of thiazole rings is 1. The molecule has 0 spiro atoms. The molecule has 0 amide bonds. The van der Waals surface area contributed by atoms with Crippen LogP contribution >= 0.6 is 34.5 Å². The van der Waals surface area contributed by atoms with Gasteiger partial charge in [0.25, 0.3) is 0 Å². The molecule has 0 saturated carbocycles. The van der Waals surface area contributed by atoms with Crippen LogP contribution in [0.15, 0.2) is 42.5 Å². The Balaban J connectivity index is 2.22. The largest absolute Gasteiger partial charge is 0.476 e. The minimum atomic E-state index is -1.13. The number of benzene rings is 2. The van der Waals surface area contributed by atoms with Crippen molar-refractivity contribution in [2.75, 3.05) is 0 Å². The van der Waals surface area contributed by atoms with E-state index in [-0.39, 0.29) is 10.0 Å². The number of carboxylic acids is 1. The Kier molecular flexibility index (Phi) is 4.35. The molecule has 0 unspecified atom stereocenters. The molecule has 7 heteroatoms. The average molecular weight is 368 g/mol. The summed E-state index contributed by atoms with van der Waals surface area (Å²) in [5, 5.41) is 9.62. The van der Waals surface area contributed by atoms with E-state index < -0.39 is 11.8 Å². The van der Waals surface area contributed by atoms with Crippen molar-refractivity contribution in [3.8, 4) is 21.7 Å². The van der Waals surface area contributed by atoms with Crippen LogP contribution in [-0.4, -0.2) is 16.1 Å². The molecule has 0 radical (unpaired) electrons. The Labute approximate surface area is 144 Å². The second-order valence-corrected chi connectivity index (χ2v) is 6.48. The Morgan fingerprint density at radius 1 is 1.13 bits per heavy atom. The first-order valence-corrected chi connectivity index (χ1v) is 7.98. The van der Waals surface area contributed by atoms with Crippen molar-refractivity contribution in [2.45, 2.75) is 0 Å². The zero-order valence-electron chi connectivity index (χ0n) is 11.4. The zero-order valence-corrected chi connectivity index (χ0v) is 13.7. The summed E-state index contributed by atoms with van der Waals surface area (Å²) in [5.74, 6) is -1.67. The molecule has 3 aromatic rings. The second kappa shape index (κ2) is 6.28. The third-order valence-electron chi connectivity index (χ3n) is 3.09. The highest BCUT2D eigenvalue weighted by molar-refractivity contribution is 7.17. The fourth-order valence-corrected chi connectivity index (χ4v) is 3.37. The highest BCUT2D eigenvalue weighted by Gasteiger charge is 2.19. The number of halogens is 3. The topological polar surface area (TPSA) is 50.2 Å². The molecule has 0 aliphatic rings. The summed E-state index contributed by atoms with van der Waals surface area (Å²) in [4.78, 5) is 16.0. The minimum Gasteiger partial charge on any atom is -0.476 e. The van der Waals surface area contributed by atoms with Crippen LogP contribution in [0.2, 0.25) is 10.0 Å². The molecule has 1 N–H and O–H groups in total. The van der Waals surface area contributed by atoms with Crippen LogP contribution in [0.5, 0.6) is 0 Å². The molecule has 0 aliphatic carbocycles. The Bertz CT molecular complexity index is 911. The number of nitrogens with zero attached hydrogens (tertiary/aromatic N) is 1. The number of carbonyl (C=O) groups is 1. The van der Waals surface area contributed by atoms with Crippen LogP contribution in [0.3, 0.4) is 0 Å². The van der Waals surface area contributed by atoms with Gasteiger partial charge in [-0.25, -0.2) is 14.2 Å². The van der Waals surface area contributed by atoms with E-state index in [0.717, 1.165) is 11.3 Å². The molecule has 3 nitrogen and oxygen atoms in total. The first-order chi connectivity index (χ1) is 11.0. The molecule has 2 aromatic carbocycles. The second-order valence-electron chi connectivity index (χ2n) is 4.64. The quantitative estimate of drug-likeness (QED) is 0.653. The summed E-state index contributed by atoms with van der Waals surface area (Å²) in [5.41, 5.74) is 1.74. The number of aromatic nitrogens is 1. The lowest BCUT2D eigenvalue weighted by atomic mass is 10.1. The van der Waals surface area contributed by atoms with Crippen LogP contribution in [0.1, 0.15) is 9.80 Å². The van der Waals surface area contributed by atoms with Crippen molar-refractivity contribution in [1.29, 1.82) is 0 Å². The van der Waals surface area contributed by atoms with Crippen molar-refractivity contribution in [3.05, 3.63) is 63.3 Å². The van der Waals surface area contributed by atoms with E-state index in [0.29, 0.717) is 26.7 Å². The molecule has 0 fully saturated rings. The first-order valence-electron chi connectivity index (χ1n) is 6.41. The third-order valence-corrected chi connectivity index (χ3v) is 4.71. The molecular weight excluding hydrogens is 360 g/mol. The van der Waals surface area contributed by atoms with Crippen LogP contribution in [0, 0.1) is 5.82 Å². The summed E-state index contributed by atoms with van der Waals surface area (Å²) in [7, 11) is 0. The maximum atomic E-state index is 13.4. The first kappa shape index (κ1) is 15.9. The van der Waals surface area contributed by atoms with Crippen molar-refractivity contribution >= 4 is 40.5 Å². The van der Waals surface area contributed by atoms with Gasteiger partial charge in [-0.3, -0.25) is 0 Å². The van der Waals surface area contributed by atoms with Gasteiger partial charge in [-0.1, -0.05) is 41.4 Å². The predicted octanol–water partition coefficient (Wildman–Crippen LogP) is 5.62. The summed E-state index contributed by atoms with van der Waals surface area (Å²) < 4.78 is 13.4. The van der Waals surface area contributed by atoms with Crippen molar-refractivity contribution in [3.63, 3.8) is 0 Å². The number of aromatic carboxylic acids is 1. The van der Waals surface area contributed by atoms with Gasteiger partial charge in [0.05, 0.1) is 15.6 Å². The molecule has 0 aliphatic heterocycles. The van der Waals surface area contributed by atoms with Crippen molar-refractivity contribution in [1.82, 2.24) is 4.98 Å². The zero-order chi connectivity index (χ0) is 16.6. The molecule has 3 rings (SSSR count). The number of carboxylic acid groups (broad SMARTS) is 1. The molecule has 0 atom stereocenters. The minimum absolute atomic E-state index is 0.0372. The monoisotopic (exact) mass is 367 g/mol. The van der Waals surface area contributed by atoms with Gasteiger partial charge in [0.15, 0.2) is 0 Å². The van der Waals surface area contributed by atoms with E-state index in [1.165, 1.54) is 18.2 Å². The Morgan fingerprint density at radius 3 is 2.57 bits per heavy atom. The number of hydrogen-bond acceptors (Lipinski definition) is 3. The van der Waals surface area contributed by atoms with E-state index >= 15 is 0 Å². The third kappa shape index (κ3) is 3.22. The average Bonchev–Trinajstić information content (AvgIpc) is 2.95. The van der Waals surface area contributed by atoms with Gasteiger partial charge in [0.2, 0.25) is 5.01 Å². The van der Waals surface area contributed by atoms with E-state index in [1.54, 1.807) is 24.3 Å². The van der Waals surface area contributed by atoms with E-state index in [9.17, 15) is 14.3 Å². The Hall–Kier alpha value is -1.95. The van der Waals surface area contributed by atoms with Crippen LogP contribution < -0.4 is 0 Å². The summed E-state index contributed by atoms with van der Waals surface area (Å²) >= 11 is 12.8. The predicted molar refractivity (Wildman–Crippen MR) is 89.9 cm³/mol. The van der Waals surface area contributed by atoms with Gasteiger partial charge in [-0.2, -0.15) is 0 Å². The van der Waals surface area contributed by atoms with Crippen LogP contribution in [0.25, 0.3) is 21.7 Å². The van der Waals surface area contributed by atoms with Gasteiger partial charge in [0, 0.05) is 10.6 Å². The standard InChI is InChI=1S/C16H8Cl2FNO2S/c17-10-3-1-2-8(6-10)13-14(23-15(20-13)16(21)22)9-4-5-12(19)11(18)7-9/h1-7H,(H,21,22). The molecule has 1 heterocycles. The fourth-order valence-electron chi connectivity index (χ4n) is 2.08. The molecule has 0 saturated heterocycles. The van der Waals surface area contributed by atoms with E-state index in [4.69, 9.17) is 23.2 Å². The maximum Gasteiger partial charge on any atom is 0.365 e. The van der Waals surface area contributed by atoms with Crippen molar-refractivity contribution < 1.29 is 14.3 Å². The molecule has 23 heavy (non-hydrogen) atoms. The van der Waals surface area contributed by atoms with Gasteiger partial charge in [-0.15, -0.1) is 11.3 Å². The van der Waals surface area contributed by atoms with E-state index in [1.807, 2.05) is 0 Å². The van der Waals surface area contributed by atoms with Crippen LogP contribution in [-0.2, 0) is 0 Å². The Morgan fingerprint density at radius 2 is 1.91 bits per heavy atom. The molecule has 1 aromatic heterocycles. The van der Waals surface area contributed by atoms with Gasteiger partial charge < -0.3 is 5.11 Å². The molecule has 116 valence electrons. The number of hydrogen-bond donors (Lipinski definition) is 1. The van der Waals surface area contributed by atoms with Gasteiger partial charge in [0.1, 0.15) is 5.82 Å². The highest BCUT2D eigenvalue weighted by Crippen LogP contribution is 2.38. The fraction of sp³-hybridized carbons (Fsp3) is 0. The van der Waals surface area contributed by atoms with Crippen molar-refractivity contribution in [2.24, 2.45) is 0 Å². The lowest BCUT2D eigenvalue weighted by Crippen LogP contribution is -1.94. The lowest BCUT2D eigenvalue weighted by Gasteiger charge is -2.04. The van der Waals surface area contributed by atoms with Crippen LogP contribution in [0.4, 0.5) is 4.39 Å². The summed E-state index contributed by atoms with van der Waals surface area (Å²) in [6.07, 6.45) is 0. The molecular formula is C16H8Cl2FNO2S. The number of rotatable bonds is 3. The summed E-state index contributed by atoms with van der Waals surface area (Å²) in [6.45, 7) is 0. The molecule has 0 bridgehead atoms. The van der Waals surface area contributed by atoms with E-state index in [2.05, 4.69) is 4.98 Å². The van der Waals surface area contributed by atoms with Gasteiger partial charge in [-0.05, 0) is 29.8 Å². The smallest absolute Gasteiger partial charge is 0.365 e. The SMILES string of the molecule is O=C(O)c1nc(-c2cccc(Cl)c2)c(-c2ccc(F)c(Cl)c2)s1. The highest BCUT2D eigenvalue weighted by atomic mass is 35.5.